The molecule has 0 spiro atoms. The summed E-state index contributed by atoms with van der Waals surface area (Å²) in [4.78, 5) is 144. The van der Waals surface area contributed by atoms with Gasteiger partial charge in [-0.2, -0.15) is 14.7 Å². The molecule has 103 heavy (non-hydrogen) atoms. The first-order chi connectivity index (χ1) is 47.3. The second-order valence-corrected chi connectivity index (χ2v) is 31.5. The SMILES string of the molecule is C[C@@H]1OC(=O)[C@@H](N(C(=O)OC(C)(C)C)C(=O)OC(C)(C)C)CCCC[C@H](O)[C@H]1O.C[C@@H]1OC(=O)[C@@H](N(C(=O)OC(C)(C)C)C(=O)OC(C)(C)C)CCCC[C@H](O)[C@H]1OC(=O)c1ccccc1.C[C@@H]1OC(=O)[C@@H](N(C(=O)OC(C)(C)C)C(=O)OC(C)(C)C)CCCC[C@H](OC(=O)c2ccccc2)[C@H]1O. The Morgan fingerprint density at radius 2 is 0.602 bits per heavy atom. The van der Waals surface area contributed by atoms with Crippen LogP contribution >= 0.6 is 0 Å². The first kappa shape index (κ1) is 89.1. The van der Waals surface area contributed by atoms with Gasteiger partial charge in [0.25, 0.3) is 0 Å². The highest BCUT2D eigenvalue weighted by molar-refractivity contribution is 5.96. The molecule has 0 saturated carbocycles. The van der Waals surface area contributed by atoms with Gasteiger partial charge in [0, 0.05) is 0 Å². The average molecular weight is 1460 g/mol. The number of cyclic esters (lactones) is 3. The van der Waals surface area contributed by atoms with Crippen LogP contribution in [0.2, 0.25) is 0 Å². The number of benzene rings is 2. The molecule has 3 aliphatic heterocycles. The summed E-state index contributed by atoms with van der Waals surface area (Å²) in [6.07, 6.45) is -12.5. The number of hydrogen-bond acceptors (Lipinski definition) is 26. The molecule has 29 nitrogen and oxygen atoms in total. The number of amides is 6. The van der Waals surface area contributed by atoms with Crippen molar-refractivity contribution in [3.05, 3.63) is 71.8 Å². The Bertz CT molecular complexity index is 3050. The fourth-order valence-electron chi connectivity index (χ4n) is 10.3. The maximum absolute atomic E-state index is 13.3. The van der Waals surface area contributed by atoms with Gasteiger partial charge in [-0.1, -0.05) is 68.5 Å². The maximum atomic E-state index is 13.3. The van der Waals surface area contributed by atoms with Crippen LogP contribution in [0.25, 0.3) is 0 Å². The number of hydrogen-bond donors (Lipinski definition) is 4. The third-order valence-corrected chi connectivity index (χ3v) is 15.0. The molecule has 3 saturated heterocycles. The largest absolute Gasteiger partial charge is 0.458 e. The van der Waals surface area contributed by atoms with Crippen LogP contribution in [0.15, 0.2) is 60.7 Å². The molecule has 580 valence electrons. The van der Waals surface area contributed by atoms with Gasteiger partial charge in [-0.25, -0.2) is 52.7 Å². The Morgan fingerprint density at radius 3 is 0.903 bits per heavy atom. The lowest BCUT2D eigenvalue weighted by molar-refractivity contribution is -0.166. The molecule has 0 aliphatic carbocycles. The molecule has 0 unspecified atom stereocenters. The normalized spacial score (nSPS) is 24.3. The Balaban J connectivity index is 0.000000405. The molecule has 5 rings (SSSR count). The van der Waals surface area contributed by atoms with Gasteiger partial charge in [-0.05, 0) is 215 Å². The number of ether oxygens (including phenoxy) is 11. The van der Waals surface area contributed by atoms with Gasteiger partial charge in [0.2, 0.25) is 0 Å². The summed E-state index contributed by atoms with van der Waals surface area (Å²) in [5, 5.41) is 41.7. The number of rotatable bonds is 7. The van der Waals surface area contributed by atoms with Gasteiger partial charge in [0.1, 0.15) is 88.4 Å². The molecule has 0 aromatic heterocycles. The fourth-order valence-corrected chi connectivity index (χ4v) is 10.3. The third-order valence-electron chi connectivity index (χ3n) is 15.0. The van der Waals surface area contributed by atoms with Crippen LogP contribution in [0.4, 0.5) is 28.8 Å². The summed E-state index contributed by atoms with van der Waals surface area (Å²) >= 11 is 0. The summed E-state index contributed by atoms with van der Waals surface area (Å²) in [5.41, 5.74) is -4.93. The van der Waals surface area contributed by atoms with Gasteiger partial charge in [0.15, 0.2) is 6.10 Å². The van der Waals surface area contributed by atoms with Gasteiger partial charge in [-0.3, -0.25) is 0 Å². The highest BCUT2D eigenvalue weighted by Crippen LogP contribution is 2.30. The highest BCUT2D eigenvalue weighted by Gasteiger charge is 2.47. The predicted molar refractivity (Wildman–Crippen MR) is 372 cm³/mol. The second kappa shape index (κ2) is 38.6. The zero-order valence-corrected chi connectivity index (χ0v) is 63.8. The third kappa shape index (κ3) is 31.4. The summed E-state index contributed by atoms with van der Waals surface area (Å²) in [6, 6.07) is 12.7. The van der Waals surface area contributed by atoms with Crippen LogP contribution in [0.1, 0.15) is 243 Å². The molecule has 3 fully saturated rings. The minimum absolute atomic E-state index is 0.0689. The molecule has 0 radical (unpaired) electrons. The van der Waals surface area contributed by atoms with Crippen molar-refractivity contribution in [2.45, 2.75) is 329 Å². The lowest BCUT2D eigenvalue weighted by Crippen LogP contribution is -2.54. The van der Waals surface area contributed by atoms with E-state index in [-0.39, 0.29) is 37.7 Å². The van der Waals surface area contributed by atoms with Crippen molar-refractivity contribution in [3.63, 3.8) is 0 Å². The fraction of sp³-hybridized carbons (Fsp3) is 0.689. The van der Waals surface area contributed by atoms with E-state index in [0.29, 0.717) is 65.2 Å². The van der Waals surface area contributed by atoms with E-state index in [1.165, 1.54) is 20.8 Å². The van der Waals surface area contributed by atoms with Crippen molar-refractivity contribution in [2.75, 3.05) is 0 Å². The number of aliphatic hydroxyl groups is 4. The van der Waals surface area contributed by atoms with E-state index in [0.717, 1.165) is 0 Å². The maximum Gasteiger partial charge on any atom is 0.420 e. The molecule has 2 aromatic rings. The van der Waals surface area contributed by atoms with Gasteiger partial charge in [-0.15, -0.1) is 0 Å². The van der Waals surface area contributed by atoms with E-state index in [2.05, 4.69) is 0 Å². The number of aliphatic hydroxyl groups excluding tert-OH is 4. The molecule has 29 heteroatoms. The number of carbonyl (C=O) groups excluding carboxylic acids is 11. The lowest BCUT2D eigenvalue weighted by Gasteiger charge is -2.35. The van der Waals surface area contributed by atoms with Crippen LogP contribution in [0.5, 0.6) is 0 Å². The van der Waals surface area contributed by atoms with E-state index in [1.54, 1.807) is 185 Å². The van der Waals surface area contributed by atoms with Gasteiger partial charge >= 0.3 is 66.4 Å². The van der Waals surface area contributed by atoms with Gasteiger partial charge < -0.3 is 72.5 Å². The van der Waals surface area contributed by atoms with Crippen molar-refractivity contribution in [1.29, 1.82) is 0 Å². The summed E-state index contributed by atoms with van der Waals surface area (Å²) in [7, 11) is 0. The Morgan fingerprint density at radius 1 is 0.350 bits per heavy atom. The molecular formula is C74H113N3O26. The minimum atomic E-state index is -1.34. The van der Waals surface area contributed by atoms with Crippen molar-refractivity contribution >= 4 is 66.4 Å². The summed E-state index contributed by atoms with van der Waals surface area (Å²) in [5.74, 6) is -3.95. The first-order valence-corrected chi connectivity index (χ1v) is 34.9. The molecule has 3 heterocycles. The van der Waals surface area contributed by atoms with Crippen LogP contribution in [0.3, 0.4) is 0 Å². The molecule has 2 aromatic carbocycles. The predicted octanol–water partition coefficient (Wildman–Crippen LogP) is 12.0. The topological polar surface area (TPSA) is 380 Å². The second-order valence-electron chi connectivity index (χ2n) is 31.5. The van der Waals surface area contributed by atoms with Crippen LogP contribution in [0, 0.1) is 0 Å². The molecular weight excluding hydrogens is 1350 g/mol. The average Bonchev–Trinajstić information content (AvgIpc) is 0.824. The molecule has 0 bridgehead atoms. The van der Waals surface area contributed by atoms with Crippen molar-refractivity contribution in [2.24, 2.45) is 0 Å². The summed E-state index contributed by atoms with van der Waals surface area (Å²) < 4.78 is 59.6. The number of carbonyl (C=O) groups is 11. The Labute approximate surface area is 605 Å². The smallest absolute Gasteiger partial charge is 0.420 e. The van der Waals surface area contributed by atoms with E-state index in [9.17, 15) is 73.2 Å². The zero-order valence-electron chi connectivity index (χ0n) is 63.8. The van der Waals surface area contributed by atoms with Crippen LogP contribution < -0.4 is 0 Å². The van der Waals surface area contributed by atoms with Crippen molar-refractivity contribution in [3.8, 4) is 0 Å². The highest BCUT2D eigenvalue weighted by atomic mass is 16.6. The quantitative estimate of drug-likeness (QED) is 0.148. The van der Waals surface area contributed by atoms with Gasteiger partial charge in [0.05, 0.1) is 23.3 Å². The summed E-state index contributed by atoms with van der Waals surface area (Å²) in [6.45, 7) is 33.9. The number of nitrogens with zero attached hydrogens (tertiary/aromatic N) is 3. The van der Waals surface area contributed by atoms with E-state index in [4.69, 9.17) is 52.1 Å². The Kier molecular flexibility index (Phi) is 33.3. The van der Waals surface area contributed by atoms with Crippen molar-refractivity contribution < 1.29 is 125 Å². The Hall–Kier alpha value is -8.15. The van der Waals surface area contributed by atoms with Crippen LogP contribution in [-0.2, 0) is 66.5 Å². The molecule has 4 N–H and O–H groups in total. The lowest BCUT2D eigenvalue weighted by atomic mass is 9.98. The monoisotopic (exact) mass is 1460 g/mol. The number of imide groups is 3. The standard InChI is InChI=1S/2C27H39NO9.C20H35NO8/c1-17-21(29)20(35-22(30)18-13-9-8-10-14-18)16-12-11-15-19(23(31)34-17)28(24(32)36-26(2,3)4)25(33)37-27(5,6)7;1-17-21(35-22(30)18-13-9-8-10-14-18)20(29)16-12-11-15-19(23(31)34-17)28(24(32)36-26(2,3)4)25(33)37-27(5,6)7;1-12-15(23)14(22)11-9-8-10-13(16(24)27-12)21(17(25)28-19(2,3)4)18(26)29-20(5,6)7/h2*8-10,13-14,17,19-21,29H,11-12,15-16H2,1-7H3;12-15,22-23H,8-11H2,1-7H3/t2*17-,19-,20-,21-;12-,13-,14-,15-/m000/s1. The first-order valence-electron chi connectivity index (χ1n) is 34.9. The van der Waals surface area contributed by atoms with E-state index >= 15 is 0 Å². The molecule has 3 aliphatic rings. The molecule has 6 amide bonds. The van der Waals surface area contributed by atoms with E-state index < -0.39 is 173 Å². The molecule has 12 atom stereocenters. The van der Waals surface area contributed by atoms with E-state index in [1.807, 2.05) is 0 Å². The van der Waals surface area contributed by atoms with Crippen molar-refractivity contribution in [1.82, 2.24) is 14.7 Å². The number of esters is 5. The minimum Gasteiger partial charge on any atom is -0.458 e. The van der Waals surface area contributed by atoms with Crippen LogP contribution in [-0.4, -0.2) is 208 Å². The zero-order chi connectivity index (χ0) is 78.5.